The quantitative estimate of drug-likeness (QED) is 0.0549. The maximum Gasteiger partial charge on any atom is 0.318 e. The normalized spacial score (nSPS) is 33.3. The highest BCUT2D eigenvalue weighted by Gasteiger charge is 2.59. The van der Waals surface area contributed by atoms with Crippen molar-refractivity contribution >= 4 is 95.0 Å². The number of aliphatic carboxylic acids is 3. The van der Waals surface area contributed by atoms with Gasteiger partial charge in [-0.15, -0.1) is 12.6 Å². The molecule has 3 N–H and O–H groups in total. The van der Waals surface area contributed by atoms with Crippen molar-refractivity contribution in [3.05, 3.63) is 24.3 Å². The van der Waals surface area contributed by atoms with Gasteiger partial charge in [0.1, 0.15) is 16.8 Å². The van der Waals surface area contributed by atoms with Crippen LogP contribution in [-0.2, 0) is 66.9 Å². The number of rotatable bonds is 6. The molecule has 1 aliphatic heterocycles. The number of carboxylic acids is 3. The van der Waals surface area contributed by atoms with Crippen molar-refractivity contribution in [3.8, 4) is 0 Å². The molecule has 17 nitrogen and oxygen atoms in total. The Morgan fingerprint density at radius 1 is 0.500 bits per heavy atom. The molecule has 9 rings (SSSR count). The Bertz CT molecular complexity index is 2050. The van der Waals surface area contributed by atoms with Gasteiger partial charge < -0.3 is 34.3 Å². The first-order valence-electron chi connectivity index (χ1n) is 25.3. The summed E-state index contributed by atoms with van der Waals surface area (Å²) in [5, 5.41) is 27.7. The molecule has 0 spiro atoms. The van der Waals surface area contributed by atoms with Crippen LogP contribution in [-0.4, -0.2) is 103 Å². The molecule has 0 aromatic carbocycles. The molecular weight excluding hydrogens is 1020 g/mol. The van der Waals surface area contributed by atoms with Gasteiger partial charge in [-0.3, -0.25) is 47.9 Å². The minimum absolute atomic E-state index is 0.00461. The van der Waals surface area contributed by atoms with Crippen molar-refractivity contribution in [1.29, 1.82) is 0 Å². The molecule has 6 saturated carbocycles. The van der Waals surface area contributed by atoms with Gasteiger partial charge in [-0.05, 0) is 174 Å². The van der Waals surface area contributed by atoms with Gasteiger partial charge in [-0.25, -0.2) is 0 Å². The standard InChI is InChI=1S/2C13H20O4.C13H18O4.C9H8O3.C3H6OS.C2H4OS.CH4S/c3*1-13(2,3)17-12(16)10-8-5-4-7(6-8)9(10)11(14)15;10-8-6-4-1-2-5(3-4)7(6)9(11)12-8;1-3(4)5-2;1-2(3)4;1-2/h2*7-10H,4-6H2,1-3H3,(H,14,15);4-5,7-10H,6H2,1-3H3,(H,14,15);1-2,4-7H,3H2;1-2H3;1H3,(H,3,4);2H,1H3. The Labute approximate surface area is 451 Å². The van der Waals surface area contributed by atoms with E-state index in [0.717, 1.165) is 51.4 Å². The van der Waals surface area contributed by atoms with E-state index < -0.39 is 70.2 Å². The fourth-order valence-electron chi connectivity index (χ4n) is 12.3. The number of cyclic esters (lactones) is 2. The van der Waals surface area contributed by atoms with Crippen LogP contribution in [0.2, 0.25) is 0 Å². The van der Waals surface area contributed by atoms with Crippen LogP contribution in [0, 0.1) is 94.7 Å². The molecule has 8 aliphatic carbocycles. The van der Waals surface area contributed by atoms with Gasteiger partial charge in [-0.2, -0.15) is 12.6 Å². The van der Waals surface area contributed by atoms with Crippen LogP contribution < -0.4 is 0 Å². The Hall–Kier alpha value is -4.17. The number of esters is 5. The molecule has 1 saturated heterocycles. The number of thioether (sulfide) groups is 1. The number of thiol groups is 2. The second kappa shape index (κ2) is 26.7. The van der Waals surface area contributed by atoms with E-state index in [4.69, 9.17) is 14.2 Å². The molecule has 1 heterocycles. The number of ether oxygens (including phenoxy) is 4. The van der Waals surface area contributed by atoms with Crippen LogP contribution in [0.5, 0.6) is 0 Å². The highest BCUT2D eigenvalue weighted by molar-refractivity contribution is 8.12. The van der Waals surface area contributed by atoms with E-state index in [1.165, 1.54) is 18.7 Å². The molecule has 416 valence electrons. The smallest absolute Gasteiger partial charge is 0.318 e. The highest BCUT2D eigenvalue weighted by atomic mass is 32.2. The largest absolute Gasteiger partial charge is 0.481 e. The van der Waals surface area contributed by atoms with Crippen molar-refractivity contribution in [2.45, 2.75) is 144 Å². The molecule has 0 aromatic heterocycles. The average Bonchev–Trinajstić information content (AvgIpc) is 4.13. The lowest BCUT2D eigenvalue weighted by atomic mass is 9.79. The number of hydrogen-bond donors (Lipinski definition) is 5. The molecule has 9 aliphatic rings. The van der Waals surface area contributed by atoms with E-state index in [1.807, 2.05) is 65.8 Å². The van der Waals surface area contributed by atoms with E-state index in [2.05, 4.69) is 30.0 Å². The third-order valence-corrected chi connectivity index (χ3v) is 15.3. The molecule has 0 radical (unpaired) electrons. The average molecular weight is 1100 g/mol. The van der Waals surface area contributed by atoms with Gasteiger partial charge in [0.15, 0.2) is 10.2 Å². The van der Waals surface area contributed by atoms with Crippen LogP contribution in [0.4, 0.5) is 0 Å². The summed E-state index contributed by atoms with van der Waals surface area (Å²) in [4.78, 5) is 111. The van der Waals surface area contributed by atoms with Crippen LogP contribution in [0.3, 0.4) is 0 Å². The Balaban J connectivity index is 0.000000245. The summed E-state index contributed by atoms with van der Waals surface area (Å²) < 4.78 is 20.6. The number of hydrogen-bond acceptors (Lipinski definition) is 16. The van der Waals surface area contributed by atoms with E-state index in [-0.39, 0.29) is 99.3 Å². The summed E-state index contributed by atoms with van der Waals surface area (Å²) in [6, 6.07) is 0. The second-order valence-corrected chi connectivity index (χ2v) is 25.0. The van der Waals surface area contributed by atoms with Gasteiger partial charge in [0.25, 0.3) is 0 Å². The third kappa shape index (κ3) is 17.2. The van der Waals surface area contributed by atoms with Crippen LogP contribution >= 0.6 is 37.0 Å². The summed E-state index contributed by atoms with van der Waals surface area (Å²) >= 11 is 8.10. The minimum atomic E-state index is -0.891. The molecule has 20 heteroatoms. The zero-order valence-corrected chi connectivity index (χ0v) is 47.7. The van der Waals surface area contributed by atoms with Crippen molar-refractivity contribution in [2.24, 2.45) is 94.7 Å². The van der Waals surface area contributed by atoms with Gasteiger partial charge in [0.2, 0.25) is 0 Å². The monoisotopic (exact) mass is 1100 g/mol. The Morgan fingerprint density at radius 3 is 1.04 bits per heavy atom. The van der Waals surface area contributed by atoms with E-state index in [1.54, 1.807) is 40.2 Å². The van der Waals surface area contributed by atoms with Gasteiger partial charge >= 0.3 is 47.8 Å². The summed E-state index contributed by atoms with van der Waals surface area (Å²) in [5.74, 6) is -6.14. The van der Waals surface area contributed by atoms with E-state index in [9.17, 15) is 63.3 Å². The van der Waals surface area contributed by atoms with Crippen molar-refractivity contribution < 1.29 is 82.2 Å². The third-order valence-electron chi connectivity index (χ3n) is 14.7. The fraction of sp³-hybridized carbons (Fsp3) is 0.741. The maximum absolute atomic E-state index is 12.1. The fourth-order valence-corrected chi connectivity index (χ4v) is 12.3. The molecular formula is C54H80O17S3. The summed E-state index contributed by atoms with van der Waals surface area (Å²) in [7, 11) is 0. The lowest BCUT2D eigenvalue weighted by Gasteiger charge is -2.29. The van der Waals surface area contributed by atoms with Gasteiger partial charge in [0.05, 0.1) is 47.3 Å². The number of carbonyl (C=O) groups excluding carboxylic acids is 7. The van der Waals surface area contributed by atoms with Crippen LogP contribution in [0.1, 0.15) is 128 Å². The molecule has 8 bridgehead atoms. The zero-order chi connectivity index (χ0) is 56.5. The summed E-state index contributed by atoms with van der Waals surface area (Å²) in [6.07, 6.45) is 18.8. The molecule has 74 heavy (non-hydrogen) atoms. The van der Waals surface area contributed by atoms with Crippen molar-refractivity contribution in [2.75, 3.05) is 12.5 Å². The molecule has 0 amide bonds. The number of fused-ring (bicyclic) bond motifs is 11. The first kappa shape index (κ1) is 64.1. The SMILES string of the molecule is CC(=O)S.CC(C)(C)OC(=O)C1C2C=CC(C2)C1C(=O)O.CC(C)(C)OC(=O)C1C2CCC(C2)C1C(=O)O.CC(C)(C)OC(=O)C1C2CCC(C2)C1C(=O)O.CS.CSC(C)=O.O=C1OC(=O)C2C3C=CC(C3)C12. The number of carboxylic acid groups (broad SMARTS) is 3. The van der Waals surface area contributed by atoms with Crippen molar-refractivity contribution in [3.63, 3.8) is 0 Å². The molecule has 16 atom stereocenters. The predicted molar refractivity (Wildman–Crippen MR) is 281 cm³/mol. The maximum atomic E-state index is 12.1. The number of allylic oxidation sites excluding steroid dienone is 4. The highest BCUT2D eigenvalue weighted by Crippen LogP contribution is 2.55. The predicted octanol–water partition coefficient (Wildman–Crippen LogP) is 8.41. The zero-order valence-electron chi connectivity index (χ0n) is 45.1. The van der Waals surface area contributed by atoms with Crippen LogP contribution in [0.15, 0.2) is 24.3 Å². The Morgan fingerprint density at radius 2 is 0.757 bits per heavy atom. The van der Waals surface area contributed by atoms with Crippen molar-refractivity contribution in [1.82, 2.24) is 0 Å². The van der Waals surface area contributed by atoms with E-state index in [0.29, 0.717) is 0 Å². The molecule has 0 aromatic rings. The van der Waals surface area contributed by atoms with E-state index >= 15 is 0 Å². The van der Waals surface area contributed by atoms with Crippen LogP contribution in [0.25, 0.3) is 0 Å². The first-order chi connectivity index (χ1) is 34.2. The lowest BCUT2D eigenvalue weighted by Crippen LogP contribution is -2.38. The Kier molecular flexibility index (Phi) is 23.2. The first-order valence-corrected chi connectivity index (χ1v) is 27.9. The lowest BCUT2D eigenvalue weighted by molar-refractivity contribution is -0.169. The second-order valence-electron chi connectivity index (χ2n) is 23.3. The molecule has 16 unspecified atom stereocenters. The molecule has 7 fully saturated rings. The van der Waals surface area contributed by atoms with Gasteiger partial charge in [0, 0.05) is 13.8 Å². The summed E-state index contributed by atoms with van der Waals surface area (Å²) in [6.45, 7) is 19.2. The number of carbonyl (C=O) groups is 10. The summed E-state index contributed by atoms with van der Waals surface area (Å²) in [5.41, 5.74) is -1.64. The minimum Gasteiger partial charge on any atom is -0.481 e. The topological polar surface area (TPSA) is 268 Å². The van der Waals surface area contributed by atoms with Gasteiger partial charge in [-0.1, -0.05) is 36.1 Å².